The van der Waals surface area contributed by atoms with Crippen LogP contribution >= 0.6 is 0 Å². The number of hydrogen-bond acceptors (Lipinski definition) is 7. The molecule has 7 heteroatoms. The predicted molar refractivity (Wildman–Crippen MR) is 110 cm³/mol. The molecular formula is C22H33NO6. The molecule has 0 aromatic heterocycles. The maximum atomic E-state index is 12.3. The molecule has 0 saturated carbocycles. The van der Waals surface area contributed by atoms with Gasteiger partial charge in [-0.15, -0.1) is 0 Å². The van der Waals surface area contributed by atoms with E-state index in [1.165, 1.54) is 0 Å². The highest BCUT2D eigenvalue weighted by Gasteiger charge is 2.27. The number of hydrogen-bond donors (Lipinski definition) is 1. The Labute approximate surface area is 173 Å². The maximum Gasteiger partial charge on any atom is 0.338 e. The number of benzene rings is 1. The van der Waals surface area contributed by atoms with Gasteiger partial charge in [0.25, 0.3) is 0 Å². The summed E-state index contributed by atoms with van der Waals surface area (Å²) in [6.45, 7) is 11.1. The highest BCUT2D eigenvalue weighted by molar-refractivity contribution is 5.89. The van der Waals surface area contributed by atoms with Crippen LogP contribution in [0.2, 0.25) is 0 Å². The number of aryl methyl sites for hydroxylation is 1. The van der Waals surface area contributed by atoms with Crippen molar-refractivity contribution < 1.29 is 28.6 Å². The molecule has 0 amide bonds. The van der Waals surface area contributed by atoms with E-state index >= 15 is 0 Å². The molecule has 2 atom stereocenters. The van der Waals surface area contributed by atoms with Crippen molar-refractivity contribution in [1.82, 2.24) is 5.32 Å². The van der Waals surface area contributed by atoms with Gasteiger partial charge in [-0.2, -0.15) is 0 Å². The van der Waals surface area contributed by atoms with Crippen LogP contribution in [-0.4, -0.2) is 48.8 Å². The number of carbonyl (C=O) groups is 3. The first-order valence-electron chi connectivity index (χ1n) is 9.99. The standard InChI is InChI=1S/C22H33NO6/c1-7-27-20(25)17-12-9-16(10-13-17)11-14-18(21(26)28-8-2)23-15(3)19(24)29-22(4,5)6/h9-10,12-13,15,18,23H,7-8,11,14H2,1-6H3/t15-,18-/m0/s1. The van der Waals surface area contributed by atoms with Gasteiger partial charge in [0.1, 0.15) is 17.7 Å². The lowest BCUT2D eigenvalue weighted by Gasteiger charge is -2.25. The number of nitrogens with one attached hydrogen (secondary N) is 1. The molecule has 0 radical (unpaired) electrons. The van der Waals surface area contributed by atoms with Gasteiger partial charge in [0.15, 0.2) is 0 Å². The fourth-order valence-electron chi connectivity index (χ4n) is 2.60. The van der Waals surface area contributed by atoms with Crippen LogP contribution in [0.15, 0.2) is 24.3 Å². The van der Waals surface area contributed by atoms with Gasteiger partial charge in [0.05, 0.1) is 18.8 Å². The summed E-state index contributed by atoms with van der Waals surface area (Å²) in [5, 5.41) is 3.02. The summed E-state index contributed by atoms with van der Waals surface area (Å²) in [5.74, 6) is -1.20. The van der Waals surface area contributed by atoms with Gasteiger partial charge in [0.2, 0.25) is 0 Å². The molecule has 0 aliphatic heterocycles. The molecule has 7 nitrogen and oxygen atoms in total. The van der Waals surface area contributed by atoms with Crippen molar-refractivity contribution in [2.75, 3.05) is 13.2 Å². The minimum Gasteiger partial charge on any atom is -0.465 e. The lowest BCUT2D eigenvalue weighted by molar-refractivity contribution is -0.157. The van der Waals surface area contributed by atoms with E-state index in [4.69, 9.17) is 14.2 Å². The lowest BCUT2D eigenvalue weighted by atomic mass is 10.0. The summed E-state index contributed by atoms with van der Waals surface area (Å²) in [6, 6.07) is 5.74. The summed E-state index contributed by atoms with van der Waals surface area (Å²) in [4.78, 5) is 36.3. The molecule has 0 aliphatic carbocycles. The molecule has 1 aromatic rings. The van der Waals surface area contributed by atoms with Gasteiger partial charge in [-0.3, -0.25) is 14.9 Å². The van der Waals surface area contributed by atoms with Crippen molar-refractivity contribution in [1.29, 1.82) is 0 Å². The van der Waals surface area contributed by atoms with E-state index in [0.29, 0.717) is 25.0 Å². The quantitative estimate of drug-likeness (QED) is 0.471. The minimum absolute atomic E-state index is 0.256. The van der Waals surface area contributed by atoms with Crippen molar-refractivity contribution in [3.63, 3.8) is 0 Å². The topological polar surface area (TPSA) is 90.9 Å². The van der Waals surface area contributed by atoms with Crippen molar-refractivity contribution in [3.8, 4) is 0 Å². The van der Waals surface area contributed by atoms with Gasteiger partial charge < -0.3 is 14.2 Å². The summed E-state index contributed by atoms with van der Waals surface area (Å²) >= 11 is 0. The van der Waals surface area contributed by atoms with Crippen LogP contribution in [0.25, 0.3) is 0 Å². The van der Waals surface area contributed by atoms with Crippen LogP contribution in [0.3, 0.4) is 0 Å². The number of rotatable bonds is 10. The summed E-state index contributed by atoms with van der Waals surface area (Å²) in [7, 11) is 0. The van der Waals surface area contributed by atoms with Crippen LogP contribution in [0, 0.1) is 0 Å². The second-order valence-electron chi connectivity index (χ2n) is 7.68. The first-order chi connectivity index (χ1) is 13.6. The Hall–Kier alpha value is -2.41. The number of esters is 3. The Kier molecular flexibility index (Phi) is 9.81. The smallest absolute Gasteiger partial charge is 0.338 e. The normalized spacial score (nSPS) is 13.3. The van der Waals surface area contributed by atoms with E-state index in [1.807, 2.05) is 12.1 Å². The first kappa shape index (κ1) is 24.6. The van der Waals surface area contributed by atoms with Crippen LogP contribution in [0.1, 0.15) is 63.9 Å². The molecule has 0 spiro atoms. The Morgan fingerprint density at radius 3 is 2.07 bits per heavy atom. The van der Waals surface area contributed by atoms with Gasteiger partial charge >= 0.3 is 17.9 Å². The zero-order valence-electron chi connectivity index (χ0n) is 18.2. The summed E-state index contributed by atoms with van der Waals surface area (Å²) < 4.78 is 15.5. The highest BCUT2D eigenvalue weighted by Crippen LogP contribution is 2.12. The molecule has 0 fully saturated rings. The molecule has 0 bridgehead atoms. The van der Waals surface area contributed by atoms with Gasteiger partial charge in [-0.25, -0.2) is 4.79 Å². The zero-order chi connectivity index (χ0) is 22.0. The Morgan fingerprint density at radius 1 is 0.966 bits per heavy atom. The monoisotopic (exact) mass is 407 g/mol. The molecule has 162 valence electrons. The first-order valence-corrected chi connectivity index (χ1v) is 9.99. The summed E-state index contributed by atoms with van der Waals surface area (Å²) in [6.07, 6.45) is 1.01. The zero-order valence-corrected chi connectivity index (χ0v) is 18.2. The molecule has 0 saturated heterocycles. The SMILES string of the molecule is CCOC(=O)c1ccc(CC[C@H](N[C@@H](C)C(=O)OC(C)(C)C)C(=O)OCC)cc1. The Balaban J connectivity index is 2.75. The molecular weight excluding hydrogens is 374 g/mol. The fourth-order valence-corrected chi connectivity index (χ4v) is 2.60. The third-order valence-corrected chi connectivity index (χ3v) is 3.97. The predicted octanol–water partition coefficient (Wildman–Crippen LogP) is 3.05. The van der Waals surface area contributed by atoms with Crippen LogP contribution in [0.4, 0.5) is 0 Å². The van der Waals surface area contributed by atoms with Crippen molar-refractivity contribution in [3.05, 3.63) is 35.4 Å². The average Bonchev–Trinajstić information content (AvgIpc) is 2.64. The summed E-state index contributed by atoms with van der Waals surface area (Å²) in [5.41, 5.74) is 0.834. The number of carbonyl (C=O) groups excluding carboxylic acids is 3. The van der Waals surface area contributed by atoms with Crippen LogP contribution in [-0.2, 0) is 30.2 Å². The number of ether oxygens (including phenoxy) is 3. The van der Waals surface area contributed by atoms with Crippen LogP contribution < -0.4 is 5.32 Å². The third-order valence-electron chi connectivity index (χ3n) is 3.97. The molecule has 1 aromatic carbocycles. The third kappa shape index (κ3) is 9.09. The van der Waals surface area contributed by atoms with E-state index < -0.39 is 29.6 Å². The van der Waals surface area contributed by atoms with Crippen molar-refractivity contribution in [2.45, 2.75) is 72.1 Å². The van der Waals surface area contributed by atoms with Gasteiger partial charge in [0, 0.05) is 0 Å². The highest BCUT2D eigenvalue weighted by atomic mass is 16.6. The Morgan fingerprint density at radius 2 is 1.55 bits per heavy atom. The fraction of sp³-hybridized carbons (Fsp3) is 0.591. The molecule has 0 heterocycles. The van der Waals surface area contributed by atoms with Crippen molar-refractivity contribution in [2.24, 2.45) is 0 Å². The van der Waals surface area contributed by atoms with Gasteiger partial charge in [-0.05, 0) is 72.1 Å². The van der Waals surface area contributed by atoms with E-state index in [0.717, 1.165) is 5.56 Å². The second kappa shape index (κ2) is 11.6. The van der Waals surface area contributed by atoms with Crippen LogP contribution in [0.5, 0.6) is 0 Å². The lowest BCUT2D eigenvalue weighted by Crippen LogP contribution is -2.48. The van der Waals surface area contributed by atoms with E-state index in [-0.39, 0.29) is 12.6 Å². The van der Waals surface area contributed by atoms with E-state index in [9.17, 15) is 14.4 Å². The van der Waals surface area contributed by atoms with Gasteiger partial charge in [-0.1, -0.05) is 12.1 Å². The molecule has 0 aliphatic rings. The average molecular weight is 408 g/mol. The molecule has 1 rings (SSSR count). The molecule has 1 N–H and O–H groups in total. The largest absolute Gasteiger partial charge is 0.465 e. The molecule has 29 heavy (non-hydrogen) atoms. The van der Waals surface area contributed by atoms with E-state index in [1.54, 1.807) is 53.7 Å². The molecule has 0 unspecified atom stereocenters. The maximum absolute atomic E-state index is 12.3. The van der Waals surface area contributed by atoms with Crippen molar-refractivity contribution >= 4 is 17.9 Å². The Bertz CT molecular complexity index is 678. The second-order valence-corrected chi connectivity index (χ2v) is 7.68. The van der Waals surface area contributed by atoms with E-state index in [2.05, 4.69) is 5.32 Å². The minimum atomic E-state index is -0.658.